The molecule has 6 nitrogen and oxygen atoms in total. The summed E-state index contributed by atoms with van der Waals surface area (Å²) in [5.74, 6) is -0.657. The summed E-state index contributed by atoms with van der Waals surface area (Å²) in [7, 11) is 0. The predicted octanol–water partition coefficient (Wildman–Crippen LogP) is 3.70. The first-order chi connectivity index (χ1) is 11.5. The van der Waals surface area contributed by atoms with Gasteiger partial charge in [-0.25, -0.2) is 4.39 Å². The van der Waals surface area contributed by atoms with E-state index in [-0.39, 0.29) is 11.4 Å². The van der Waals surface area contributed by atoms with Gasteiger partial charge in [0.25, 0.3) is 5.69 Å². The molecule has 2 aromatic rings. The van der Waals surface area contributed by atoms with E-state index >= 15 is 0 Å². The van der Waals surface area contributed by atoms with Crippen LogP contribution in [-0.4, -0.2) is 30.7 Å². The SMILES string of the molecule is CC1COCCN1c1ccc(Nc2ccc([N+](=O)[O-])cc2F)cc1. The summed E-state index contributed by atoms with van der Waals surface area (Å²) in [6.07, 6.45) is 0. The molecule has 1 N–H and O–H groups in total. The highest BCUT2D eigenvalue weighted by molar-refractivity contribution is 5.64. The van der Waals surface area contributed by atoms with Crippen LogP contribution < -0.4 is 10.2 Å². The highest BCUT2D eigenvalue weighted by Gasteiger charge is 2.19. The van der Waals surface area contributed by atoms with E-state index in [4.69, 9.17) is 4.74 Å². The van der Waals surface area contributed by atoms with Crippen LogP contribution in [-0.2, 0) is 4.74 Å². The number of nitrogens with one attached hydrogen (secondary N) is 1. The third kappa shape index (κ3) is 3.46. The second-order valence-corrected chi connectivity index (χ2v) is 5.71. The van der Waals surface area contributed by atoms with E-state index in [1.54, 1.807) is 0 Å². The Hall–Kier alpha value is -2.67. The Balaban J connectivity index is 1.73. The minimum Gasteiger partial charge on any atom is -0.377 e. The maximum atomic E-state index is 13.9. The van der Waals surface area contributed by atoms with Gasteiger partial charge in [-0.1, -0.05) is 0 Å². The number of benzene rings is 2. The van der Waals surface area contributed by atoms with Crippen molar-refractivity contribution < 1.29 is 14.1 Å². The van der Waals surface area contributed by atoms with Crippen molar-refractivity contribution in [2.24, 2.45) is 0 Å². The summed E-state index contributed by atoms with van der Waals surface area (Å²) < 4.78 is 19.4. The van der Waals surface area contributed by atoms with Crippen molar-refractivity contribution in [2.45, 2.75) is 13.0 Å². The highest BCUT2D eigenvalue weighted by Crippen LogP contribution is 2.26. The lowest BCUT2D eigenvalue weighted by molar-refractivity contribution is -0.385. The van der Waals surface area contributed by atoms with Crippen LogP contribution >= 0.6 is 0 Å². The number of morpholine rings is 1. The smallest absolute Gasteiger partial charge is 0.272 e. The molecule has 0 aromatic heterocycles. The molecular weight excluding hydrogens is 313 g/mol. The summed E-state index contributed by atoms with van der Waals surface area (Å²) in [5.41, 5.74) is 1.73. The molecule has 0 amide bonds. The van der Waals surface area contributed by atoms with Crippen molar-refractivity contribution in [3.05, 3.63) is 58.4 Å². The molecule has 1 atom stereocenters. The molecule has 0 bridgehead atoms. The van der Waals surface area contributed by atoms with Crippen LogP contribution in [0.2, 0.25) is 0 Å². The van der Waals surface area contributed by atoms with Crippen molar-refractivity contribution >= 4 is 22.7 Å². The van der Waals surface area contributed by atoms with Gasteiger partial charge in [0.1, 0.15) is 0 Å². The Kier molecular flexibility index (Phi) is 4.61. The van der Waals surface area contributed by atoms with Gasteiger partial charge in [-0.15, -0.1) is 0 Å². The quantitative estimate of drug-likeness (QED) is 0.683. The number of hydrogen-bond acceptors (Lipinski definition) is 5. The molecule has 7 heteroatoms. The molecule has 0 spiro atoms. The first-order valence-electron chi connectivity index (χ1n) is 7.70. The van der Waals surface area contributed by atoms with Gasteiger partial charge in [0.2, 0.25) is 0 Å². The lowest BCUT2D eigenvalue weighted by Gasteiger charge is -2.35. The van der Waals surface area contributed by atoms with Crippen LogP contribution in [0.25, 0.3) is 0 Å². The largest absolute Gasteiger partial charge is 0.377 e. The topological polar surface area (TPSA) is 67.6 Å². The second-order valence-electron chi connectivity index (χ2n) is 5.71. The fourth-order valence-corrected chi connectivity index (χ4v) is 2.72. The molecule has 126 valence electrons. The summed E-state index contributed by atoms with van der Waals surface area (Å²) in [5, 5.41) is 13.6. The molecule has 1 fully saturated rings. The number of nitrogens with zero attached hydrogens (tertiary/aromatic N) is 2. The maximum absolute atomic E-state index is 13.9. The number of non-ortho nitro benzene ring substituents is 1. The molecule has 0 aliphatic carbocycles. The molecular formula is C17H18FN3O3. The zero-order valence-corrected chi connectivity index (χ0v) is 13.2. The first kappa shape index (κ1) is 16.2. The molecule has 0 saturated carbocycles. The molecule has 1 unspecified atom stereocenters. The van der Waals surface area contributed by atoms with Gasteiger partial charge in [0, 0.05) is 30.0 Å². The molecule has 3 rings (SSSR count). The third-order valence-electron chi connectivity index (χ3n) is 4.01. The predicted molar refractivity (Wildman–Crippen MR) is 90.4 cm³/mol. The van der Waals surface area contributed by atoms with Gasteiger partial charge < -0.3 is 15.0 Å². The molecule has 24 heavy (non-hydrogen) atoms. The van der Waals surface area contributed by atoms with Gasteiger partial charge >= 0.3 is 0 Å². The van der Waals surface area contributed by atoms with Crippen molar-refractivity contribution in [2.75, 3.05) is 30.0 Å². The van der Waals surface area contributed by atoms with Crippen molar-refractivity contribution in [3.63, 3.8) is 0 Å². The lowest BCUT2D eigenvalue weighted by Crippen LogP contribution is -2.43. The fraction of sp³-hybridized carbons (Fsp3) is 0.294. The van der Waals surface area contributed by atoms with Crippen LogP contribution in [0.15, 0.2) is 42.5 Å². The number of halogens is 1. The first-order valence-corrected chi connectivity index (χ1v) is 7.70. The van der Waals surface area contributed by atoms with Gasteiger partial charge in [-0.05, 0) is 37.3 Å². The standard InChI is InChI=1S/C17H18FN3O3/c1-12-11-24-9-8-20(12)14-4-2-13(3-5-14)19-17-7-6-15(21(22)23)10-16(17)18/h2-7,10,12,19H,8-9,11H2,1H3. The number of nitro groups is 1. The number of rotatable bonds is 4. The van der Waals surface area contributed by atoms with E-state index in [0.717, 1.165) is 18.3 Å². The van der Waals surface area contributed by atoms with Crippen LogP contribution in [0.3, 0.4) is 0 Å². The van der Waals surface area contributed by atoms with Gasteiger partial charge in [-0.2, -0.15) is 0 Å². The number of anilines is 3. The van der Waals surface area contributed by atoms with Crippen molar-refractivity contribution in [3.8, 4) is 0 Å². The third-order valence-corrected chi connectivity index (χ3v) is 4.01. The Morgan fingerprint density at radius 1 is 1.29 bits per heavy atom. The minimum atomic E-state index is -0.657. The van der Waals surface area contributed by atoms with Gasteiger partial charge in [-0.3, -0.25) is 10.1 Å². The Bertz CT molecular complexity index is 736. The molecule has 1 aliphatic rings. The van der Waals surface area contributed by atoms with E-state index < -0.39 is 10.7 Å². The van der Waals surface area contributed by atoms with E-state index in [2.05, 4.69) is 17.1 Å². The van der Waals surface area contributed by atoms with Crippen LogP contribution in [0.4, 0.5) is 27.1 Å². The average molecular weight is 331 g/mol. The molecule has 0 radical (unpaired) electrons. The zero-order chi connectivity index (χ0) is 17.1. The van der Waals surface area contributed by atoms with E-state index in [0.29, 0.717) is 24.9 Å². The van der Waals surface area contributed by atoms with Gasteiger partial charge in [0.05, 0.1) is 29.9 Å². The molecule has 1 heterocycles. The monoisotopic (exact) mass is 331 g/mol. The molecule has 1 aliphatic heterocycles. The number of ether oxygens (including phenoxy) is 1. The van der Waals surface area contributed by atoms with Crippen molar-refractivity contribution in [1.29, 1.82) is 0 Å². The van der Waals surface area contributed by atoms with E-state index in [1.165, 1.54) is 12.1 Å². The fourth-order valence-electron chi connectivity index (χ4n) is 2.72. The summed E-state index contributed by atoms with van der Waals surface area (Å²) >= 11 is 0. The van der Waals surface area contributed by atoms with Gasteiger partial charge in [0.15, 0.2) is 5.82 Å². The van der Waals surface area contributed by atoms with Crippen LogP contribution in [0.5, 0.6) is 0 Å². The van der Waals surface area contributed by atoms with E-state index in [1.807, 2.05) is 24.3 Å². The Labute approximate surface area is 139 Å². The van der Waals surface area contributed by atoms with Crippen molar-refractivity contribution in [1.82, 2.24) is 0 Å². The summed E-state index contributed by atoms with van der Waals surface area (Å²) in [6.45, 7) is 4.36. The Morgan fingerprint density at radius 2 is 2.04 bits per heavy atom. The van der Waals surface area contributed by atoms with E-state index in [9.17, 15) is 14.5 Å². The summed E-state index contributed by atoms with van der Waals surface area (Å²) in [6, 6.07) is 11.5. The molecule has 1 saturated heterocycles. The average Bonchev–Trinajstić information content (AvgIpc) is 2.58. The second kappa shape index (κ2) is 6.84. The Morgan fingerprint density at radius 3 is 2.67 bits per heavy atom. The van der Waals surface area contributed by atoms with Crippen LogP contribution in [0, 0.1) is 15.9 Å². The normalized spacial score (nSPS) is 17.6. The minimum absolute atomic E-state index is 0.202. The number of nitro benzene ring substituents is 1. The number of hydrogen-bond donors (Lipinski definition) is 1. The maximum Gasteiger partial charge on any atom is 0.272 e. The highest BCUT2D eigenvalue weighted by atomic mass is 19.1. The van der Waals surface area contributed by atoms with Crippen LogP contribution in [0.1, 0.15) is 6.92 Å². The molecule has 2 aromatic carbocycles. The lowest BCUT2D eigenvalue weighted by atomic mass is 10.2. The zero-order valence-electron chi connectivity index (χ0n) is 13.2. The summed E-state index contributed by atoms with van der Waals surface area (Å²) in [4.78, 5) is 12.3.